The maximum absolute atomic E-state index is 12.2. The van der Waals surface area contributed by atoms with E-state index in [0.29, 0.717) is 31.3 Å². The Morgan fingerprint density at radius 2 is 1.75 bits per heavy atom. The first-order chi connectivity index (χ1) is 11.7. The lowest BCUT2D eigenvalue weighted by Gasteiger charge is -2.13. The smallest absolute Gasteiger partial charge is 0.243 e. The standard InChI is InChI=1S/C18H21BrN2O3/c1-2-23-11-12-24-17-10-6-5-9-16(17)21-18(22)13-20-15-8-4-3-7-14(15)19/h3-10,20H,2,11-13H2,1H3,(H,21,22). The van der Waals surface area contributed by atoms with E-state index in [1.165, 1.54) is 0 Å². The predicted molar refractivity (Wildman–Crippen MR) is 99.7 cm³/mol. The molecule has 0 atom stereocenters. The Morgan fingerprint density at radius 1 is 1.04 bits per heavy atom. The first-order valence-electron chi connectivity index (χ1n) is 7.78. The molecule has 0 saturated carbocycles. The lowest BCUT2D eigenvalue weighted by atomic mass is 10.3. The number of hydrogen-bond donors (Lipinski definition) is 2. The third kappa shape index (κ3) is 5.86. The molecule has 2 rings (SSSR count). The van der Waals surface area contributed by atoms with Gasteiger partial charge in [-0.1, -0.05) is 24.3 Å². The van der Waals surface area contributed by atoms with Crippen molar-refractivity contribution in [3.05, 3.63) is 53.0 Å². The van der Waals surface area contributed by atoms with Crippen molar-refractivity contribution in [2.45, 2.75) is 6.92 Å². The summed E-state index contributed by atoms with van der Waals surface area (Å²) in [6.07, 6.45) is 0. The molecule has 128 valence electrons. The number of benzene rings is 2. The van der Waals surface area contributed by atoms with Gasteiger partial charge in [-0.25, -0.2) is 0 Å². The fourth-order valence-electron chi connectivity index (χ4n) is 2.03. The van der Waals surface area contributed by atoms with Crippen molar-refractivity contribution in [1.29, 1.82) is 0 Å². The molecule has 0 heterocycles. The molecule has 0 aliphatic carbocycles. The Morgan fingerprint density at radius 3 is 2.50 bits per heavy atom. The van der Waals surface area contributed by atoms with Crippen molar-refractivity contribution < 1.29 is 14.3 Å². The Bertz CT molecular complexity index is 664. The van der Waals surface area contributed by atoms with Gasteiger partial charge in [0.15, 0.2) is 0 Å². The lowest BCUT2D eigenvalue weighted by Crippen LogP contribution is -2.22. The SMILES string of the molecule is CCOCCOc1ccccc1NC(=O)CNc1ccccc1Br. The number of anilines is 2. The number of para-hydroxylation sites is 3. The Hall–Kier alpha value is -2.05. The van der Waals surface area contributed by atoms with E-state index in [-0.39, 0.29) is 12.5 Å². The summed E-state index contributed by atoms with van der Waals surface area (Å²) in [6, 6.07) is 15.0. The molecular weight excluding hydrogens is 372 g/mol. The topological polar surface area (TPSA) is 59.6 Å². The van der Waals surface area contributed by atoms with Gasteiger partial charge in [-0.05, 0) is 47.1 Å². The van der Waals surface area contributed by atoms with Crippen LogP contribution in [0, 0.1) is 0 Å². The van der Waals surface area contributed by atoms with Gasteiger partial charge in [0.05, 0.1) is 18.8 Å². The fraction of sp³-hybridized carbons (Fsp3) is 0.278. The minimum absolute atomic E-state index is 0.147. The van der Waals surface area contributed by atoms with E-state index in [1.54, 1.807) is 0 Å². The molecule has 0 spiro atoms. The second kappa shape index (κ2) is 9.95. The van der Waals surface area contributed by atoms with E-state index >= 15 is 0 Å². The minimum atomic E-state index is -0.147. The van der Waals surface area contributed by atoms with Crippen molar-refractivity contribution in [3.63, 3.8) is 0 Å². The van der Waals surface area contributed by atoms with Gasteiger partial charge in [0, 0.05) is 16.8 Å². The van der Waals surface area contributed by atoms with Gasteiger partial charge in [0.2, 0.25) is 5.91 Å². The summed E-state index contributed by atoms with van der Waals surface area (Å²) < 4.78 is 11.8. The number of hydrogen-bond acceptors (Lipinski definition) is 4. The molecular formula is C18H21BrN2O3. The first-order valence-corrected chi connectivity index (χ1v) is 8.58. The molecule has 0 aromatic heterocycles. The van der Waals surface area contributed by atoms with E-state index in [4.69, 9.17) is 9.47 Å². The van der Waals surface area contributed by atoms with E-state index in [0.717, 1.165) is 10.2 Å². The Labute approximate surface area is 150 Å². The fourth-order valence-corrected chi connectivity index (χ4v) is 2.45. The summed E-state index contributed by atoms with van der Waals surface area (Å²) in [6.45, 7) is 3.71. The van der Waals surface area contributed by atoms with Gasteiger partial charge in [-0.2, -0.15) is 0 Å². The number of carbonyl (C=O) groups excluding carboxylic acids is 1. The molecule has 6 heteroatoms. The maximum atomic E-state index is 12.2. The van der Waals surface area contributed by atoms with E-state index in [9.17, 15) is 4.79 Å². The van der Waals surface area contributed by atoms with Gasteiger partial charge in [0.1, 0.15) is 12.4 Å². The highest BCUT2D eigenvalue weighted by Gasteiger charge is 2.08. The molecule has 0 bridgehead atoms. The predicted octanol–water partition coefficient (Wildman–Crippen LogP) is 3.92. The number of rotatable bonds is 9. The normalized spacial score (nSPS) is 10.2. The minimum Gasteiger partial charge on any atom is -0.489 e. The summed E-state index contributed by atoms with van der Waals surface area (Å²) in [5.74, 6) is 0.484. The zero-order valence-corrected chi connectivity index (χ0v) is 15.1. The molecule has 0 fully saturated rings. The monoisotopic (exact) mass is 392 g/mol. The zero-order chi connectivity index (χ0) is 17.2. The van der Waals surface area contributed by atoms with Crippen LogP contribution in [0.4, 0.5) is 11.4 Å². The van der Waals surface area contributed by atoms with E-state index in [2.05, 4.69) is 26.6 Å². The number of ether oxygens (including phenoxy) is 2. The third-order valence-electron chi connectivity index (χ3n) is 3.16. The van der Waals surface area contributed by atoms with Gasteiger partial charge >= 0.3 is 0 Å². The van der Waals surface area contributed by atoms with Crippen molar-refractivity contribution in [2.24, 2.45) is 0 Å². The Balaban J connectivity index is 1.88. The highest BCUT2D eigenvalue weighted by atomic mass is 79.9. The largest absolute Gasteiger partial charge is 0.489 e. The first kappa shape index (κ1) is 18.3. The number of nitrogens with one attached hydrogen (secondary N) is 2. The molecule has 24 heavy (non-hydrogen) atoms. The molecule has 0 aliphatic rings. The van der Waals surface area contributed by atoms with Gasteiger partial charge < -0.3 is 20.1 Å². The van der Waals surface area contributed by atoms with Crippen LogP contribution in [-0.4, -0.2) is 32.3 Å². The van der Waals surface area contributed by atoms with Crippen molar-refractivity contribution in [3.8, 4) is 5.75 Å². The lowest BCUT2D eigenvalue weighted by molar-refractivity contribution is -0.114. The summed E-state index contributed by atoms with van der Waals surface area (Å²) >= 11 is 3.44. The summed E-state index contributed by atoms with van der Waals surface area (Å²) in [5.41, 5.74) is 1.52. The van der Waals surface area contributed by atoms with Crippen LogP contribution in [0.3, 0.4) is 0 Å². The second-order valence-electron chi connectivity index (χ2n) is 4.92. The van der Waals surface area contributed by atoms with Gasteiger partial charge in [-0.3, -0.25) is 4.79 Å². The zero-order valence-electron chi connectivity index (χ0n) is 13.5. The molecule has 0 saturated heterocycles. The summed E-state index contributed by atoms with van der Waals surface area (Å²) in [4.78, 5) is 12.2. The van der Waals surface area contributed by atoms with Crippen LogP contribution in [0.15, 0.2) is 53.0 Å². The van der Waals surface area contributed by atoms with Crippen LogP contribution in [0.5, 0.6) is 5.75 Å². The maximum Gasteiger partial charge on any atom is 0.243 e. The van der Waals surface area contributed by atoms with E-state index in [1.807, 2.05) is 55.5 Å². The molecule has 1 amide bonds. The van der Waals surface area contributed by atoms with Crippen LogP contribution in [-0.2, 0) is 9.53 Å². The summed E-state index contributed by atoms with van der Waals surface area (Å²) in [5, 5.41) is 5.95. The Kier molecular flexibility index (Phi) is 7.58. The number of carbonyl (C=O) groups is 1. The van der Waals surface area contributed by atoms with Crippen LogP contribution in [0.25, 0.3) is 0 Å². The highest BCUT2D eigenvalue weighted by molar-refractivity contribution is 9.10. The van der Waals surface area contributed by atoms with Crippen molar-refractivity contribution in [2.75, 3.05) is 37.0 Å². The van der Waals surface area contributed by atoms with Crippen LogP contribution in [0.1, 0.15) is 6.92 Å². The molecule has 0 radical (unpaired) electrons. The van der Waals surface area contributed by atoms with Gasteiger partial charge in [0.25, 0.3) is 0 Å². The quantitative estimate of drug-likeness (QED) is 0.635. The molecule has 5 nitrogen and oxygen atoms in total. The molecule has 0 unspecified atom stereocenters. The van der Waals surface area contributed by atoms with Gasteiger partial charge in [-0.15, -0.1) is 0 Å². The third-order valence-corrected chi connectivity index (χ3v) is 3.86. The van der Waals surface area contributed by atoms with Crippen molar-refractivity contribution in [1.82, 2.24) is 0 Å². The number of amides is 1. The average Bonchev–Trinajstić information content (AvgIpc) is 2.59. The second-order valence-corrected chi connectivity index (χ2v) is 5.78. The van der Waals surface area contributed by atoms with Crippen LogP contribution in [0.2, 0.25) is 0 Å². The average molecular weight is 393 g/mol. The molecule has 0 aliphatic heterocycles. The van der Waals surface area contributed by atoms with Crippen LogP contribution < -0.4 is 15.4 Å². The number of halogens is 1. The van der Waals surface area contributed by atoms with Crippen LogP contribution >= 0.6 is 15.9 Å². The molecule has 2 aromatic rings. The molecule has 2 N–H and O–H groups in total. The highest BCUT2D eigenvalue weighted by Crippen LogP contribution is 2.24. The summed E-state index contributed by atoms with van der Waals surface area (Å²) in [7, 11) is 0. The van der Waals surface area contributed by atoms with Crippen molar-refractivity contribution >= 4 is 33.2 Å². The van der Waals surface area contributed by atoms with E-state index < -0.39 is 0 Å². The molecule has 2 aromatic carbocycles.